The largest absolute Gasteiger partial charge is 0.484 e. The van der Waals surface area contributed by atoms with Gasteiger partial charge in [-0.05, 0) is 48.9 Å². The van der Waals surface area contributed by atoms with Gasteiger partial charge in [0, 0.05) is 5.69 Å². The maximum atomic E-state index is 13.5. The molecule has 0 aliphatic heterocycles. The molecular formula is C24H21FN4O4. The SMILES string of the molecule is Cc1ccc(NC(=O)COc2cccc(/C=N\NC(=O)C(=O)Nc3ccccc3F)c2)cc1. The minimum absolute atomic E-state index is 0.113. The number of benzene rings is 3. The molecule has 3 aromatic rings. The Morgan fingerprint density at radius 3 is 2.45 bits per heavy atom. The van der Waals surface area contributed by atoms with Gasteiger partial charge in [-0.15, -0.1) is 0 Å². The van der Waals surface area contributed by atoms with E-state index in [1.54, 1.807) is 36.4 Å². The van der Waals surface area contributed by atoms with E-state index in [2.05, 4.69) is 21.2 Å². The smallest absolute Gasteiger partial charge is 0.329 e. The predicted octanol–water partition coefficient (Wildman–Crippen LogP) is 3.24. The minimum Gasteiger partial charge on any atom is -0.484 e. The molecule has 168 valence electrons. The first-order valence-corrected chi connectivity index (χ1v) is 9.89. The number of rotatable bonds is 7. The zero-order chi connectivity index (χ0) is 23.6. The molecule has 8 nitrogen and oxygen atoms in total. The number of aryl methyl sites for hydroxylation is 1. The summed E-state index contributed by atoms with van der Waals surface area (Å²) < 4.78 is 19.0. The molecule has 0 aromatic heterocycles. The Balaban J connectivity index is 1.48. The van der Waals surface area contributed by atoms with E-state index in [9.17, 15) is 18.8 Å². The van der Waals surface area contributed by atoms with Gasteiger partial charge in [0.25, 0.3) is 5.91 Å². The van der Waals surface area contributed by atoms with Crippen molar-refractivity contribution in [2.75, 3.05) is 17.2 Å². The van der Waals surface area contributed by atoms with Crippen molar-refractivity contribution in [1.29, 1.82) is 0 Å². The summed E-state index contributed by atoms with van der Waals surface area (Å²) in [5, 5.41) is 8.60. The highest BCUT2D eigenvalue weighted by atomic mass is 19.1. The molecule has 33 heavy (non-hydrogen) atoms. The third-order valence-electron chi connectivity index (χ3n) is 4.27. The van der Waals surface area contributed by atoms with Gasteiger partial charge < -0.3 is 15.4 Å². The van der Waals surface area contributed by atoms with Crippen molar-refractivity contribution in [2.45, 2.75) is 6.92 Å². The van der Waals surface area contributed by atoms with E-state index in [-0.39, 0.29) is 18.2 Å². The molecule has 3 amide bonds. The second-order valence-electron chi connectivity index (χ2n) is 6.91. The van der Waals surface area contributed by atoms with Gasteiger partial charge in [0.05, 0.1) is 11.9 Å². The number of amides is 3. The first-order chi connectivity index (χ1) is 15.9. The van der Waals surface area contributed by atoms with Crippen LogP contribution in [0.2, 0.25) is 0 Å². The van der Waals surface area contributed by atoms with Crippen molar-refractivity contribution in [3.63, 3.8) is 0 Å². The average Bonchev–Trinajstić information content (AvgIpc) is 2.81. The number of nitrogens with zero attached hydrogens (tertiary/aromatic N) is 1. The Bertz CT molecular complexity index is 1180. The third kappa shape index (κ3) is 7.28. The van der Waals surface area contributed by atoms with E-state index in [4.69, 9.17) is 4.74 Å². The van der Waals surface area contributed by atoms with Crippen LogP contribution in [-0.2, 0) is 14.4 Å². The number of hydrazone groups is 1. The summed E-state index contributed by atoms with van der Waals surface area (Å²) in [6, 6.07) is 19.5. The molecular weight excluding hydrogens is 427 g/mol. The highest BCUT2D eigenvalue weighted by molar-refractivity contribution is 6.39. The van der Waals surface area contributed by atoms with Crippen LogP contribution in [0, 0.1) is 12.7 Å². The molecule has 0 aliphatic carbocycles. The van der Waals surface area contributed by atoms with Crippen LogP contribution in [0.3, 0.4) is 0 Å². The molecule has 3 aromatic carbocycles. The number of ether oxygens (including phenoxy) is 1. The topological polar surface area (TPSA) is 109 Å². The summed E-state index contributed by atoms with van der Waals surface area (Å²) in [6.07, 6.45) is 1.30. The quantitative estimate of drug-likeness (QED) is 0.293. The predicted molar refractivity (Wildman–Crippen MR) is 123 cm³/mol. The van der Waals surface area contributed by atoms with E-state index < -0.39 is 17.6 Å². The Morgan fingerprint density at radius 1 is 0.939 bits per heavy atom. The lowest BCUT2D eigenvalue weighted by atomic mass is 10.2. The van der Waals surface area contributed by atoms with Crippen molar-refractivity contribution in [3.8, 4) is 5.75 Å². The van der Waals surface area contributed by atoms with E-state index in [0.717, 1.165) is 11.6 Å². The molecule has 0 saturated heterocycles. The summed E-state index contributed by atoms with van der Waals surface area (Å²) in [7, 11) is 0. The Morgan fingerprint density at radius 2 is 1.70 bits per heavy atom. The zero-order valence-electron chi connectivity index (χ0n) is 17.7. The highest BCUT2D eigenvalue weighted by Crippen LogP contribution is 2.13. The van der Waals surface area contributed by atoms with E-state index in [0.29, 0.717) is 17.0 Å². The van der Waals surface area contributed by atoms with Gasteiger partial charge in [-0.2, -0.15) is 5.10 Å². The maximum Gasteiger partial charge on any atom is 0.329 e. The van der Waals surface area contributed by atoms with Crippen molar-refractivity contribution in [2.24, 2.45) is 5.10 Å². The van der Waals surface area contributed by atoms with Gasteiger partial charge in [0.2, 0.25) is 0 Å². The fraction of sp³-hybridized carbons (Fsp3) is 0.0833. The van der Waals surface area contributed by atoms with Gasteiger partial charge in [-0.1, -0.05) is 42.0 Å². The van der Waals surface area contributed by atoms with Crippen LogP contribution in [-0.4, -0.2) is 30.5 Å². The van der Waals surface area contributed by atoms with Gasteiger partial charge in [-0.25, -0.2) is 9.82 Å². The number of anilines is 2. The molecule has 9 heteroatoms. The van der Waals surface area contributed by atoms with Crippen LogP contribution < -0.4 is 20.8 Å². The lowest BCUT2D eigenvalue weighted by molar-refractivity contribution is -0.136. The standard InChI is InChI=1S/C24H21FN4O4/c1-16-9-11-18(12-10-16)27-22(30)15-33-19-6-4-5-17(13-19)14-26-29-24(32)23(31)28-21-8-3-2-7-20(21)25/h2-14H,15H2,1H3,(H,27,30)(H,28,31)(H,29,32)/b26-14-. The van der Waals surface area contributed by atoms with Crippen LogP contribution in [0.15, 0.2) is 77.9 Å². The highest BCUT2D eigenvalue weighted by Gasteiger charge is 2.14. The van der Waals surface area contributed by atoms with E-state index in [1.807, 2.05) is 19.1 Å². The van der Waals surface area contributed by atoms with E-state index in [1.165, 1.54) is 24.4 Å². The van der Waals surface area contributed by atoms with Gasteiger partial charge in [-0.3, -0.25) is 14.4 Å². The van der Waals surface area contributed by atoms with E-state index >= 15 is 0 Å². The Hall–Kier alpha value is -4.53. The number of hydrogen-bond acceptors (Lipinski definition) is 5. The molecule has 0 saturated carbocycles. The number of carbonyl (C=O) groups excluding carboxylic acids is 3. The first-order valence-electron chi connectivity index (χ1n) is 9.89. The normalized spacial score (nSPS) is 10.5. The fourth-order valence-corrected chi connectivity index (χ4v) is 2.63. The van der Waals surface area contributed by atoms with Gasteiger partial charge >= 0.3 is 11.8 Å². The molecule has 0 radical (unpaired) electrons. The summed E-state index contributed by atoms with van der Waals surface area (Å²) in [4.78, 5) is 35.7. The second-order valence-corrected chi connectivity index (χ2v) is 6.91. The molecule has 3 rings (SSSR count). The molecule has 0 atom stereocenters. The van der Waals surface area contributed by atoms with Crippen molar-refractivity contribution >= 4 is 35.3 Å². The summed E-state index contributed by atoms with van der Waals surface area (Å²) in [5.41, 5.74) is 4.27. The van der Waals surface area contributed by atoms with Crippen LogP contribution in [0.4, 0.5) is 15.8 Å². The van der Waals surface area contributed by atoms with Gasteiger partial charge in [0.15, 0.2) is 6.61 Å². The number of para-hydroxylation sites is 1. The van der Waals surface area contributed by atoms with Crippen LogP contribution in [0.25, 0.3) is 0 Å². The Labute approximate surface area is 189 Å². The third-order valence-corrected chi connectivity index (χ3v) is 4.27. The van der Waals surface area contributed by atoms with Crippen LogP contribution in [0.1, 0.15) is 11.1 Å². The maximum absolute atomic E-state index is 13.5. The molecule has 0 fully saturated rings. The van der Waals surface area contributed by atoms with Crippen molar-refractivity contribution in [3.05, 3.63) is 89.7 Å². The van der Waals surface area contributed by atoms with Gasteiger partial charge in [0.1, 0.15) is 11.6 Å². The monoisotopic (exact) mass is 448 g/mol. The number of carbonyl (C=O) groups is 3. The molecule has 0 aliphatic rings. The fourth-order valence-electron chi connectivity index (χ4n) is 2.63. The lowest BCUT2D eigenvalue weighted by Crippen LogP contribution is -2.32. The summed E-state index contributed by atoms with van der Waals surface area (Å²) >= 11 is 0. The summed E-state index contributed by atoms with van der Waals surface area (Å²) in [6.45, 7) is 1.76. The molecule has 0 bridgehead atoms. The number of halogens is 1. The number of hydrogen-bond donors (Lipinski definition) is 3. The molecule has 0 heterocycles. The average molecular weight is 448 g/mol. The van der Waals surface area contributed by atoms with Crippen LogP contribution >= 0.6 is 0 Å². The number of nitrogens with one attached hydrogen (secondary N) is 3. The molecule has 0 spiro atoms. The first kappa shape index (κ1) is 23.1. The van der Waals surface area contributed by atoms with Crippen molar-refractivity contribution in [1.82, 2.24) is 5.43 Å². The lowest BCUT2D eigenvalue weighted by Gasteiger charge is -2.08. The molecule has 0 unspecified atom stereocenters. The van der Waals surface area contributed by atoms with Crippen LogP contribution in [0.5, 0.6) is 5.75 Å². The second kappa shape index (κ2) is 11.2. The summed E-state index contributed by atoms with van der Waals surface area (Å²) in [5.74, 6) is -2.68. The minimum atomic E-state index is -1.06. The molecule has 3 N–H and O–H groups in total. The Kier molecular flexibility index (Phi) is 7.85. The zero-order valence-corrected chi connectivity index (χ0v) is 17.7. The van der Waals surface area contributed by atoms with Crippen molar-refractivity contribution < 1.29 is 23.5 Å².